The summed E-state index contributed by atoms with van der Waals surface area (Å²) in [4.78, 5) is 19.7. The molecule has 0 aliphatic heterocycles. The molecule has 0 unspecified atom stereocenters. The molecule has 0 saturated carbocycles. The molecule has 0 aliphatic rings. The van der Waals surface area contributed by atoms with Gasteiger partial charge < -0.3 is 20.7 Å². The van der Waals surface area contributed by atoms with E-state index in [1.807, 2.05) is 0 Å². The lowest BCUT2D eigenvalue weighted by Crippen LogP contribution is -2.09. The highest BCUT2D eigenvalue weighted by Crippen LogP contribution is 2.33. The van der Waals surface area contributed by atoms with Crippen LogP contribution in [0.5, 0.6) is 5.75 Å². The van der Waals surface area contributed by atoms with Crippen LogP contribution in [0.25, 0.3) is 0 Å². The third-order valence-corrected chi connectivity index (χ3v) is 2.70. The van der Waals surface area contributed by atoms with Gasteiger partial charge in [0.25, 0.3) is 0 Å². The van der Waals surface area contributed by atoms with Crippen molar-refractivity contribution in [1.82, 2.24) is 0 Å². The molecule has 0 aliphatic carbocycles. The van der Waals surface area contributed by atoms with E-state index in [9.17, 15) is 9.59 Å². The van der Waals surface area contributed by atoms with Crippen molar-refractivity contribution < 1.29 is 24.5 Å². The van der Waals surface area contributed by atoms with Gasteiger partial charge in [-0.3, -0.25) is 4.79 Å². The van der Waals surface area contributed by atoms with Gasteiger partial charge in [0.15, 0.2) is 6.61 Å². The van der Waals surface area contributed by atoms with Crippen LogP contribution in [-0.4, -0.2) is 35.3 Å². The Labute approximate surface area is 130 Å². The SMILES string of the molecule is NCCC(=O)O.O=C(O)COc1cc(Cl)c(Cl)cc1Cl. The van der Waals surface area contributed by atoms with E-state index >= 15 is 0 Å². The van der Waals surface area contributed by atoms with Crippen LogP contribution in [0.3, 0.4) is 0 Å². The maximum atomic E-state index is 10.2. The highest BCUT2D eigenvalue weighted by atomic mass is 35.5. The average Bonchev–Trinajstić information content (AvgIpc) is 2.32. The minimum atomic E-state index is -1.09. The molecule has 112 valence electrons. The fourth-order valence-electron chi connectivity index (χ4n) is 0.878. The molecule has 0 radical (unpaired) electrons. The normalized spacial score (nSPS) is 9.40. The van der Waals surface area contributed by atoms with Gasteiger partial charge >= 0.3 is 11.9 Å². The largest absolute Gasteiger partial charge is 0.481 e. The Hall–Kier alpha value is -1.21. The van der Waals surface area contributed by atoms with Gasteiger partial charge in [-0.15, -0.1) is 0 Å². The van der Waals surface area contributed by atoms with Gasteiger partial charge in [0, 0.05) is 12.6 Å². The maximum absolute atomic E-state index is 10.2. The minimum absolute atomic E-state index is 0.0694. The van der Waals surface area contributed by atoms with Crippen molar-refractivity contribution in [2.45, 2.75) is 6.42 Å². The molecule has 0 atom stereocenters. The second-order valence-corrected chi connectivity index (χ2v) is 4.53. The summed E-state index contributed by atoms with van der Waals surface area (Å²) in [5.41, 5.74) is 4.85. The number of carboxylic acids is 2. The lowest BCUT2D eigenvalue weighted by Gasteiger charge is -2.06. The predicted octanol–water partition coefficient (Wildman–Crippen LogP) is 2.53. The van der Waals surface area contributed by atoms with Gasteiger partial charge in [0.2, 0.25) is 0 Å². The summed E-state index contributed by atoms with van der Waals surface area (Å²) in [7, 11) is 0. The van der Waals surface area contributed by atoms with Crippen LogP contribution in [0, 0.1) is 0 Å². The van der Waals surface area contributed by atoms with E-state index < -0.39 is 18.5 Å². The van der Waals surface area contributed by atoms with E-state index in [2.05, 4.69) is 0 Å². The van der Waals surface area contributed by atoms with Crippen LogP contribution in [0.4, 0.5) is 0 Å². The summed E-state index contributed by atoms with van der Waals surface area (Å²) in [6.07, 6.45) is 0.0694. The molecule has 0 saturated heterocycles. The van der Waals surface area contributed by atoms with Crippen LogP contribution in [0.1, 0.15) is 6.42 Å². The standard InChI is InChI=1S/C8H5Cl3O3.C3H7NO2/c9-4-1-6(11)7(2-5(4)10)14-3-8(12)13;4-2-1-3(5)6/h1-2H,3H2,(H,12,13);1-2,4H2,(H,5,6). The van der Waals surface area contributed by atoms with E-state index in [0.717, 1.165) is 0 Å². The lowest BCUT2D eigenvalue weighted by atomic mass is 10.3. The van der Waals surface area contributed by atoms with Crippen molar-refractivity contribution in [1.29, 1.82) is 0 Å². The molecular formula is C11H12Cl3NO5. The Morgan fingerprint density at radius 2 is 1.60 bits per heavy atom. The van der Waals surface area contributed by atoms with Crippen molar-refractivity contribution in [2.24, 2.45) is 5.73 Å². The zero-order chi connectivity index (χ0) is 15.7. The van der Waals surface area contributed by atoms with Gasteiger partial charge in [0.05, 0.1) is 21.5 Å². The highest BCUT2D eigenvalue weighted by Gasteiger charge is 2.08. The predicted molar refractivity (Wildman–Crippen MR) is 75.9 cm³/mol. The van der Waals surface area contributed by atoms with Crippen LogP contribution in [0.2, 0.25) is 15.1 Å². The molecule has 1 rings (SSSR count). The van der Waals surface area contributed by atoms with Crippen molar-refractivity contribution in [3.63, 3.8) is 0 Å². The Morgan fingerprint density at radius 3 is 2.00 bits per heavy atom. The second-order valence-electron chi connectivity index (χ2n) is 3.31. The summed E-state index contributed by atoms with van der Waals surface area (Å²) in [5, 5.41) is 17.0. The number of halogens is 3. The molecule has 0 fully saturated rings. The lowest BCUT2D eigenvalue weighted by molar-refractivity contribution is -0.139. The molecule has 0 aromatic heterocycles. The summed E-state index contributed by atoms with van der Waals surface area (Å²) >= 11 is 17.1. The quantitative estimate of drug-likeness (QED) is 0.708. The molecule has 1 aromatic rings. The molecular weight excluding hydrogens is 332 g/mol. The summed E-state index contributed by atoms with van der Waals surface area (Å²) in [6, 6.07) is 2.76. The number of rotatable bonds is 5. The first-order chi connectivity index (χ1) is 9.27. The molecule has 20 heavy (non-hydrogen) atoms. The van der Waals surface area contributed by atoms with Crippen molar-refractivity contribution in [3.8, 4) is 5.75 Å². The van der Waals surface area contributed by atoms with Gasteiger partial charge in [-0.25, -0.2) is 4.79 Å². The first-order valence-electron chi connectivity index (χ1n) is 5.19. The van der Waals surface area contributed by atoms with E-state index in [1.54, 1.807) is 0 Å². The zero-order valence-electron chi connectivity index (χ0n) is 10.1. The minimum Gasteiger partial charge on any atom is -0.481 e. The third-order valence-electron chi connectivity index (χ3n) is 1.68. The van der Waals surface area contributed by atoms with Crippen molar-refractivity contribution >= 4 is 46.7 Å². The van der Waals surface area contributed by atoms with Crippen LogP contribution >= 0.6 is 34.8 Å². The van der Waals surface area contributed by atoms with Gasteiger partial charge in [0.1, 0.15) is 5.75 Å². The molecule has 9 heteroatoms. The number of aliphatic carboxylic acids is 2. The number of carboxylic acid groups (broad SMARTS) is 2. The molecule has 4 N–H and O–H groups in total. The Bertz CT molecular complexity index is 481. The molecule has 0 amide bonds. The number of benzene rings is 1. The zero-order valence-corrected chi connectivity index (χ0v) is 12.4. The average molecular weight is 345 g/mol. The van der Waals surface area contributed by atoms with E-state index in [-0.39, 0.29) is 28.8 Å². The Balaban J connectivity index is 0.000000511. The van der Waals surface area contributed by atoms with Crippen molar-refractivity contribution in [3.05, 3.63) is 27.2 Å². The second kappa shape index (κ2) is 9.66. The topological polar surface area (TPSA) is 110 Å². The number of carbonyl (C=O) groups is 2. The fraction of sp³-hybridized carbons (Fsp3) is 0.273. The molecule has 0 bridgehead atoms. The smallest absolute Gasteiger partial charge is 0.341 e. The summed E-state index contributed by atoms with van der Waals surface area (Å²) in [6.45, 7) is -0.243. The number of hydrogen-bond donors (Lipinski definition) is 3. The number of nitrogens with two attached hydrogens (primary N) is 1. The van der Waals surface area contributed by atoms with E-state index in [0.29, 0.717) is 5.02 Å². The Kier molecular flexibility index (Phi) is 9.07. The van der Waals surface area contributed by atoms with Crippen LogP contribution in [-0.2, 0) is 9.59 Å². The Morgan fingerprint density at radius 1 is 1.05 bits per heavy atom. The number of hydrogen-bond acceptors (Lipinski definition) is 4. The maximum Gasteiger partial charge on any atom is 0.341 e. The molecule has 1 aromatic carbocycles. The monoisotopic (exact) mass is 343 g/mol. The van der Waals surface area contributed by atoms with Gasteiger partial charge in [-0.1, -0.05) is 34.8 Å². The fourth-order valence-corrected chi connectivity index (χ4v) is 1.47. The van der Waals surface area contributed by atoms with E-state index in [1.165, 1.54) is 12.1 Å². The summed E-state index contributed by atoms with van der Waals surface area (Å²) < 4.78 is 4.86. The van der Waals surface area contributed by atoms with Crippen molar-refractivity contribution in [2.75, 3.05) is 13.2 Å². The summed E-state index contributed by atoms with van der Waals surface area (Å²) in [5.74, 6) is -1.73. The highest BCUT2D eigenvalue weighted by molar-refractivity contribution is 6.43. The van der Waals surface area contributed by atoms with E-state index in [4.69, 9.17) is 55.5 Å². The van der Waals surface area contributed by atoms with Crippen LogP contribution in [0.15, 0.2) is 12.1 Å². The van der Waals surface area contributed by atoms with Gasteiger partial charge in [-0.2, -0.15) is 0 Å². The molecule has 6 nitrogen and oxygen atoms in total. The first kappa shape index (κ1) is 18.8. The van der Waals surface area contributed by atoms with Crippen LogP contribution < -0.4 is 10.5 Å². The van der Waals surface area contributed by atoms with Gasteiger partial charge in [-0.05, 0) is 6.07 Å². The first-order valence-corrected chi connectivity index (χ1v) is 6.32. The number of ether oxygens (including phenoxy) is 1. The molecule has 0 spiro atoms. The third kappa shape index (κ3) is 8.06. The molecule has 0 heterocycles.